The maximum absolute atomic E-state index is 4.54. The quantitative estimate of drug-likeness (QED) is 0.840. The van der Waals surface area contributed by atoms with Crippen LogP contribution in [0.3, 0.4) is 0 Å². The summed E-state index contributed by atoms with van der Waals surface area (Å²) in [6.45, 7) is 6.10. The SMILES string of the molecule is Cc1cc([C@H]2CCCN(c3ccnc(C)n3)C2)ccn1. The van der Waals surface area contributed by atoms with E-state index in [9.17, 15) is 0 Å². The smallest absolute Gasteiger partial charge is 0.132 e. The van der Waals surface area contributed by atoms with Crippen molar-refractivity contribution >= 4 is 5.82 Å². The first-order chi connectivity index (χ1) is 9.72. The molecule has 2 aromatic heterocycles. The Bertz CT molecular complexity index is 545. The van der Waals surface area contributed by atoms with Crippen molar-refractivity contribution in [3.8, 4) is 0 Å². The van der Waals surface area contributed by atoms with Gasteiger partial charge in [-0.25, -0.2) is 9.97 Å². The second-order valence-electron chi connectivity index (χ2n) is 5.48. The zero-order chi connectivity index (χ0) is 13.9. The number of aryl methyl sites for hydroxylation is 2. The molecule has 1 saturated heterocycles. The molecule has 0 spiro atoms. The van der Waals surface area contributed by atoms with Crippen LogP contribution >= 0.6 is 0 Å². The van der Waals surface area contributed by atoms with Gasteiger partial charge in [0.1, 0.15) is 11.6 Å². The molecule has 0 aliphatic carbocycles. The number of hydrogen-bond acceptors (Lipinski definition) is 4. The second-order valence-corrected chi connectivity index (χ2v) is 5.48. The lowest BCUT2D eigenvalue weighted by Gasteiger charge is -2.34. The normalized spacial score (nSPS) is 19.1. The molecule has 3 rings (SSSR count). The van der Waals surface area contributed by atoms with Crippen LogP contribution in [-0.2, 0) is 0 Å². The summed E-state index contributed by atoms with van der Waals surface area (Å²) in [6.07, 6.45) is 6.20. The van der Waals surface area contributed by atoms with E-state index in [4.69, 9.17) is 0 Å². The Hall–Kier alpha value is -1.97. The predicted molar refractivity (Wildman–Crippen MR) is 79.9 cm³/mol. The third-order valence-corrected chi connectivity index (χ3v) is 3.90. The summed E-state index contributed by atoms with van der Waals surface area (Å²) in [5, 5.41) is 0. The number of nitrogens with zero attached hydrogens (tertiary/aromatic N) is 4. The minimum Gasteiger partial charge on any atom is -0.356 e. The van der Waals surface area contributed by atoms with Gasteiger partial charge in [-0.1, -0.05) is 0 Å². The first kappa shape index (κ1) is 13.0. The Morgan fingerprint density at radius 3 is 2.80 bits per heavy atom. The van der Waals surface area contributed by atoms with Crippen LogP contribution in [0.25, 0.3) is 0 Å². The van der Waals surface area contributed by atoms with E-state index in [1.165, 1.54) is 18.4 Å². The van der Waals surface area contributed by atoms with Crippen LogP contribution in [0.15, 0.2) is 30.6 Å². The largest absolute Gasteiger partial charge is 0.356 e. The van der Waals surface area contributed by atoms with E-state index in [1.807, 2.05) is 25.4 Å². The van der Waals surface area contributed by atoms with Gasteiger partial charge in [-0.2, -0.15) is 0 Å². The summed E-state index contributed by atoms with van der Waals surface area (Å²) in [7, 11) is 0. The molecule has 2 aromatic rings. The lowest BCUT2D eigenvalue weighted by atomic mass is 9.91. The van der Waals surface area contributed by atoms with E-state index in [-0.39, 0.29) is 0 Å². The van der Waals surface area contributed by atoms with Crippen molar-refractivity contribution < 1.29 is 0 Å². The third-order valence-electron chi connectivity index (χ3n) is 3.90. The van der Waals surface area contributed by atoms with E-state index >= 15 is 0 Å². The molecule has 0 bridgehead atoms. The molecule has 1 aliphatic heterocycles. The number of anilines is 1. The van der Waals surface area contributed by atoms with Gasteiger partial charge in [-0.05, 0) is 50.5 Å². The molecule has 4 heteroatoms. The molecule has 0 aromatic carbocycles. The van der Waals surface area contributed by atoms with Crippen molar-refractivity contribution in [3.05, 3.63) is 47.7 Å². The fraction of sp³-hybridized carbons (Fsp3) is 0.438. The molecule has 1 atom stereocenters. The van der Waals surface area contributed by atoms with Gasteiger partial charge in [0.15, 0.2) is 0 Å². The standard InChI is InChI=1S/C16H20N4/c1-12-10-14(5-7-17-12)15-4-3-9-20(11-15)16-6-8-18-13(2)19-16/h5-8,10,15H,3-4,9,11H2,1-2H3/t15-/m0/s1. The molecule has 3 heterocycles. The molecule has 104 valence electrons. The second kappa shape index (κ2) is 5.57. The highest BCUT2D eigenvalue weighted by molar-refractivity contribution is 5.39. The minimum absolute atomic E-state index is 0.570. The fourth-order valence-corrected chi connectivity index (χ4v) is 2.90. The molecule has 4 nitrogen and oxygen atoms in total. The predicted octanol–water partition coefficient (Wildman–Crippen LogP) is 2.87. The van der Waals surface area contributed by atoms with Crippen molar-refractivity contribution in [2.75, 3.05) is 18.0 Å². The highest BCUT2D eigenvalue weighted by Crippen LogP contribution is 2.29. The van der Waals surface area contributed by atoms with Gasteiger partial charge < -0.3 is 4.90 Å². The number of rotatable bonds is 2. The van der Waals surface area contributed by atoms with Crippen LogP contribution < -0.4 is 4.90 Å². The summed E-state index contributed by atoms with van der Waals surface area (Å²) in [4.78, 5) is 15.4. The topological polar surface area (TPSA) is 41.9 Å². The Morgan fingerprint density at radius 2 is 2.00 bits per heavy atom. The van der Waals surface area contributed by atoms with Crippen LogP contribution in [-0.4, -0.2) is 28.0 Å². The van der Waals surface area contributed by atoms with Crippen LogP contribution in [0.4, 0.5) is 5.82 Å². The molecule has 20 heavy (non-hydrogen) atoms. The first-order valence-corrected chi connectivity index (χ1v) is 7.19. The van der Waals surface area contributed by atoms with E-state index in [1.54, 1.807) is 0 Å². The Morgan fingerprint density at radius 1 is 1.15 bits per heavy atom. The van der Waals surface area contributed by atoms with Gasteiger partial charge in [0.2, 0.25) is 0 Å². The zero-order valence-electron chi connectivity index (χ0n) is 12.1. The monoisotopic (exact) mass is 268 g/mol. The van der Waals surface area contributed by atoms with E-state index in [0.717, 1.165) is 30.4 Å². The molecule has 0 radical (unpaired) electrons. The summed E-state index contributed by atoms with van der Waals surface area (Å²) in [5.41, 5.74) is 2.49. The van der Waals surface area contributed by atoms with Gasteiger partial charge >= 0.3 is 0 Å². The number of piperidine rings is 1. The van der Waals surface area contributed by atoms with E-state index < -0.39 is 0 Å². The molecular weight excluding hydrogens is 248 g/mol. The lowest BCUT2D eigenvalue weighted by Crippen LogP contribution is -2.35. The van der Waals surface area contributed by atoms with Gasteiger partial charge in [-0.15, -0.1) is 0 Å². The summed E-state index contributed by atoms with van der Waals surface area (Å²) in [5.74, 6) is 2.46. The van der Waals surface area contributed by atoms with Gasteiger partial charge in [0.25, 0.3) is 0 Å². The van der Waals surface area contributed by atoms with Crippen molar-refractivity contribution in [1.82, 2.24) is 15.0 Å². The number of hydrogen-bond donors (Lipinski definition) is 0. The van der Waals surface area contributed by atoms with Gasteiger partial charge in [0, 0.05) is 37.1 Å². The van der Waals surface area contributed by atoms with Crippen LogP contribution in [0.5, 0.6) is 0 Å². The average molecular weight is 268 g/mol. The minimum atomic E-state index is 0.570. The Balaban J connectivity index is 1.80. The number of pyridine rings is 1. The molecular formula is C16H20N4. The maximum Gasteiger partial charge on any atom is 0.132 e. The summed E-state index contributed by atoms with van der Waals surface area (Å²) < 4.78 is 0. The van der Waals surface area contributed by atoms with Gasteiger partial charge in [0.05, 0.1) is 0 Å². The highest BCUT2D eigenvalue weighted by atomic mass is 15.2. The van der Waals surface area contributed by atoms with Crippen molar-refractivity contribution in [2.45, 2.75) is 32.6 Å². The zero-order valence-corrected chi connectivity index (χ0v) is 12.1. The Labute approximate surface area is 119 Å². The van der Waals surface area contributed by atoms with Crippen LogP contribution in [0.1, 0.15) is 35.8 Å². The first-order valence-electron chi connectivity index (χ1n) is 7.19. The van der Waals surface area contributed by atoms with Crippen LogP contribution in [0.2, 0.25) is 0 Å². The maximum atomic E-state index is 4.54. The van der Waals surface area contributed by atoms with E-state index in [0.29, 0.717) is 5.92 Å². The Kier molecular flexibility index (Phi) is 3.63. The molecule has 0 saturated carbocycles. The molecule has 1 aliphatic rings. The number of aromatic nitrogens is 3. The van der Waals surface area contributed by atoms with Crippen molar-refractivity contribution in [2.24, 2.45) is 0 Å². The van der Waals surface area contributed by atoms with Gasteiger partial charge in [-0.3, -0.25) is 4.98 Å². The fourth-order valence-electron chi connectivity index (χ4n) is 2.90. The van der Waals surface area contributed by atoms with Crippen LogP contribution in [0, 0.1) is 13.8 Å². The third kappa shape index (κ3) is 2.79. The summed E-state index contributed by atoms with van der Waals surface area (Å²) >= 11 is 0. The van der Waals surface area contributed by atoms with Crippen molar-refractivity contribution in [3.63, 3.8) is 0 Å². The summed E-state index contributed by atoms with van der Waals surface area (Å²) in [6, 6.07) is 6.36. The molecule has 0 N–H and O–H groups in total. The molecule has 0 unspecified atom stereocenters. The average Bonchev–Trinajstić information content (AvgIpc) is 2.47. The highest BCUT2D eigenvalue weighted by Gasteiger charge is 2.22. The molecule has 1 fully saturated rings. The lowest BCUT2D eigenvalue weighted by molar-refractivity contribution is 0.506. The van der Waals surface area contributed by atoms with Crippen molar-refractivity contribution in [1.29, 1.82) is 0 Å². The molecule has 0 amide bonds. The van der Waals surface area contributed by atoms with E-state index in [2.05, 4.69) is 38.9 Å².